The molecule has 6 heteroatoms. The summed E-state index contributed by atoms with van der Waals surface area (Å²) in [7, 11) is 0. The van der Waals surface area contributed by atoms with Gasteiger partial charge >= 0.3 is 0 Å². The lowest BCUT2D eigenvalue weighted by atomic mass is 10.1. The van der Waals surface area contributed by atoms with Crippen molar-refractivity contribution in [1.82, 2.24) is 5.32 Å². The normalized spacial score (nSPS) is 17.0. The van der Waals surface area contributed by atoms with Crippen molar-refractivity contribution in [2.75, 3.05) is 18.5 Å². The van der Waals surface area contributed by atoms with E-state index in [4.69, 9.17) is 4.74 Å². The topological polar surface area (TPSA) is 62.7 Å². The number of hydrogen-bond donors (Lipinski definition) is 2. The standard InChI is InChI=1S/C21H24BrN3O2/c1-14-8-9-16(11-15(14)2)20(26)25-21(23-13-19-7-4-10-27-19)24-18-6-3-5-17(22)12-18/h3,5-6,8-9,11-12,19H,4,7,10,13H2,1-2H3,(H2,23,24,25,26)/t19-/m0/s1. The predicted molar refractivity (Wildman–Crippen MR) is 112 cm³/mol. The Bertz CT molecular complexity index is 845. The summed E-state index contributed by atoms with van der Waals surface area (Å²) in [4.78, 5) is 17.3. The molecule has 0 spiro atoms. The van der Waals surface area contributed by atoms with E-state index < -0.39 is 0 Å². The van der Waals surface area contributed by atoms with Crippen molar-refractivity contribution < 1.29 is 9.53 Å². The van der Waals surface area contributed by atoms with Crippen molar-refractivity contribution in [3.63, 3.8) is 0 Å². The summed E-state index contributed by atoms with van der Waals surface area (Å²) in [5.41, 5.74) is 3.70. The summed E-state index contributed by atoms with van der Waals surface area (Å²) < 4.78 is 6.59. The van der Waals surface area contributed by atoms with Gasteiger partial charge in [-0.05, 0) is 68.1 Å². The molecule has 1 aliphatic heterocycles. The summed E-state index contributed by atoms with van der Waals surface area (Å²) in [6.07, 6.45) is 2.17. The Hall–Kier alpha value is -2.18. The molecule has 1 fully saturated rings. The highest BCUT2D eigenvalue weighted by Crippen LogP contribution is 2.16. The first-order chi connectivity index (χ1) is 13.0. The molecule has 0 saturated carbocycles. The Morgan fingerprint density at radius 2 is 2.07 bits per heavy atom. The number of amides is 1. The fraction of sp³-hybridized carbons (Fsp3) is 0.333. The van der Waals surface area contributed by atoms with E-state index >= 15 is 0 Å². The molecular formula is C21H24BrN3O2. The molecule has 1 atom stereocenters. The molecule has 2 aromatic rings. The third kappa shape index (κ3) is 5.65. The second kappa shape index (κ2) is 9.15. The van der Waals surface area contributed by atoms with Crippen molar-refractivity contribution in [3.8, 4) is 0 Å². The van der Waals surface area contributed by atoms with Crippen LogP contribution in [0.5, 0.6) is 0 Å². The monoisotopic (exact) mass is 429 g/mol. The number of guanidine groups is 1. The first-order valence-corrected chi connectivity index (χ1v) is 9.88. The molecule has 0 aliphatic carbocycles. The van der Waals surface area contributed by atoms with Crippen LogP contribution in [-0.2, 0) is 4.74 Å². The predicted octanol–water partition coefficient (Wildman–Crippen LogP) is 4.44. The van der Waals surface area contributed by atoms with Crippen LogP contribution in [0.4, 0.5) is 5.69 Å². The van der Waals surface area contributed by atoms with Gasteiger partial charge < -0.3 is 10.1 Å². The lowest BCUT2D eigenvalue weighted by Crippen LogP contribution is -2.36. The molecule has 2 N–H and O–H groups in total. The number of anilines is 1. The van der Waals surface area contributed by atoms with E-state index in [1.165, 1.54) is 0 Å². The molecule has 1 saturated heterocycles. The molecule has 0 unspecified atom stereocenters. The van der Waals surface area contributed by atoms with Gasteiger partial charge in [-0.3, -0.25) is 10.1 Å². The minimum atomic E-state index is -0.188. The maximum Gasteiger partial charge on any atom is 0.257 e. The van der Waals surface area contributed by atoms with E-state index in [9.17, 15) is 4.79 Å². The van der Waals surface area contributed by atoms with Gasteiger partial charge in [0, 0.05) is 22.3 Å². The van der Waals surface area contributed by atoms with Gasteiger partial charge in [-0.1, -0.05) is 28.1 Å². The summed E-state index contributed by atoms with van der Waals surface area (Å²) in [5, 5.41) is 6.10. The maximum atomic E-state index is 12.7. The molecule has 1 heterocycles. The van der Waals surface area contributed by atoms with Crippen LogP contribution in [0.3, 0.4) is 0 Å². The number of aliphatic imine (C=N–C) groups is 1. The smallest absolute Gasteiger partial charge is 0.257 e. The molecule has 0 aromatic heterocycles. The number of benzene rings is 2. The molecule has 1 aliphatic rings. The van der Waals surface area contributed by atoms with Crippen molar-refractivity contribution in [2.45, 2.75) is 32.8 Å². The van der Waals surface area contributed by atoms with Gasteiger partial charge in [0.05, 0.1) is 12.6 Å². The van der Waals surface area contributed by atoms with Gasteiger partial charge in [0.25, 0.3) is 5.91 Å². The van der Waals surface area contributed by atoms with Crippen LogP contribution < -0.4 is 10.6 Å². The molecule has 0 bridgehead atoms. The van der Waals surface area contributed by atoms with Gasteiger partial charge in [0.15, 0.2) is 0 Å². The zero-order valence-electron chi connectivity index (χ0n) is 15.6. The van der Waals surface area contributed by atoms with Crippen LogP contribution in [0, 0.1) is 13.8 Å². The summed E-state index contributed by atoms with van der Waals surface area (Å²) in [5.74, 6) is 0.235. The molecule has 142 valence electrons. The third-order valence-corrected chi connectivity index (χ3v) is 5.06. The van der Waals surface area contributed by atoms with E-state index in [1.807, 2.05) is 56.3 Å². The third-order valence-electron chi connectivity index (χ3n) is 4.57. The number of nitrogens with one attached hydrogen (secondary N) is 2. The summed E-state index contributed by atoms with van der Waals surface area (Å²) in [6.45, 7) is 5.33. The fourth-order valence-corrected chi connectivity index (χ4v) is 3.26. The van der Waals surface area contributed by atoms with Crippen LogP contribution in [-0.4, -0.2) is 31.1 Å². The second-order valence-electron chi connectivity index (χ2n) is 6.71. The molecule has 0 radical (unpaired) electrons. The second-order valence-corrected chi connectivity index (χ2v) is 7.63. The van der Waals surface area contributed by atoms with Crippen molar-refractivity contribution in [3.05, 3.63) is 63.6 Å². The Labute approximate surface area is 168 Å². The number of carbonyl (C=O) groups excluding carboxylic acids is 1. The molecule has 1 amide bonds. The number of hydrogen-bond acceptors (Lipinski definition) is 3. The Morgan fingerprint density at radius 1 is 1.22 bits per heavy atom. The highest BCUT2D eigenvalue weighted by atomic mass is 79.9. The van der Waals surface area contributed by atoms with E-state index in [0.717, 1.165) is 40.7 Å². The largest absolute Gasteiger partial charge is 0.376 e. The first-order valence-electron chi connectivity index (χ1n) is 9.08. The minimum absolute atomic E-state index is 0.114. The van der Waals surface area contributed by atoms with E-state index in [1.54, 1.807) is 0 Å². The van der Waals surface area contributed by atoms with Crippen molar-refractivity contribution >= 4 is 33.5 Å². The zero-order chi connectivity index (χ0) is 19.2. The molecular weight excluding hydrogens is 406 g/mol. The zero-order valence-corrected chi connectivity index (χ0v) is 17.2. The average molecular weight is 430 g/mol. The first kappa shape index (κ1) is 19.6. The molecule has 5 nitrogen and oxygen atoms in total. The van der Waals surface area contributed by atoms with Gasteiger partial charge in [0.1, 0.15) is 0 Å². The number of aryl methyl sites for hydroxylation is 2. The quantitative estimate of drug-likeness (QED) is 0.557. The number of rotatable bonds is 4. The number of ether oxygens (including phenoxy) is 1. The van der Waals surface area contributed by atoms with Gasteiger partial charge in [-0.15, -0.1) is 0 Å². The van der Waals surface area contributed by atoms with Gasteiger partial charge in [-0.2, -0.15) is 0 Å². The lowest BCUT2D eigenvalue weighted by Gasteiger charge is -2.14. The average Bonchev–Trinajstić information content (AvgIpc) is 3.15. The van der Waals surface area contributed by atoms with Crippen molar-refractivity contribution in [2.24, 2.45) is 4.99 Å². The molecule has 3 rings (SSSR count). The van der Waals surface area contributed by atoms with Crippen LogP contribution >= 0.6 is 15.9 Å². The van der Waals surface area contributed by atoms with E-state index in [-0.39, 0.29) is 12.0 Å². The van der Waals surface area contributed by atoms with Crippen LogP contribution in [0.25, 0.3) is 0 Å². The highest BCUT2D eigenvalue weighted by Gasteiger charge is 2.16. The van der Waals surface area contributed by atoms with Crippen molar-refractivity contribution in [1.29, 1.82) is 0 Å². The SMILES string of the molecule is Cc1ccc(C(=O)NC(=NC[C@@H]2CCCO2)Nc2cccc(Br)c2)cc1C. The summed E-state index contributed by atoms with van der Waals surface area (Å²) >= 11 is 3.46. The number of carbonyl (C=O) groups is 1. The Balaban J connectivity index is 1.76. The Kier molecular flexibility index (Phi) is 6.63. The number of halogens is 1. The van der Waals surface area contributed by atoms with Gasteiger partial charge in [0.2, 0.25) is 5.96 Å². The van der Waals surface area contributed by atoms with Crippen LogP contribution in [0.1, 0.15) is 34.3 Å². The van der Waals surface area contributed by atoms with E-state index in [2.05, 4.69) is 31.6 Å². The summed E-state index contributed by atoms with van der Waals surface area (Å²) in [6, 6.07) is 13.4. The molecule has 2 aromatic carbocycles. The van der Waals surface area contributed by atoms with Crippen LogP contribution in [0.15, 0.2) is 51.9 Å². The lowest BCUT2D eigenvalue weighted by molar-refractivity contribution is 0.0975. The fourth-order valence-electron chi connectivity index (χ4n) is 2.86. The van der Waals surface area contributed by atoms with Crippen LogP contribution in [0.2, 0.25) is 0 Å². The van der Waals surface area contributed by atoms with Gasteiger partial charge in [-0.25, -0.2) is 4.99 Å². The Morgan fingerprint density at radius 3 is 2.78 bits per heavy atom. The minimum Gasteiger partial charge on any atom is -0.376 e. The highest BCUT2D eigenvalue weighted by molar-refractivity contribution is 9.10. The van der Waals surface area contributed by atoms with E-state index in [0.29, 0.717) is 18.1 Å². The maximum absolute atomic E-state index is 12.7. The molecule has 27 heavy (non-hydrogen) atoms. The number of nitrogens with zero attached hydrogens (tertiary/aromatic N) is 1.